The maximum absolute atomic E-state index is 12.5. The van der Waals surface area contributed by atoms with Crippen LogP contribution in [0.15, 0.2) is 0 Å². The van der Waals surface area contributed by atoms with Gasteiger partial charge in [0.25, 0.3) is 0 Å². The molecule has 5 heteroatoms. The number of thioether (sulfide) groups is 1. The first-order valence-electron chi connectivity index (χ1n) is 7.19. The molecular formula is C14H28N2O2S. The number of amides is 1. The van der Waals surface area contributed by atoms with E-state index in [-0.39, 0.29) is 10.7 Å². The van der Waals surface area contributed by atoms with Crippen molar-refractivity contribution in [3.63, 3.8) is 0 Å². The molecule has 1 aliphatic heterocycles. The molecule has 1 aliphatic rings. The standard InChI is InChI=1S/C14H28N2O2S/c1-4-14(5-2,19-3)11-16-12(17)13(10-15)6-8-18-9-7-13/h4-11,15H2,1-3H3,(H,16,17). The molecule has 1 saturated heterocycles. The second-order valence-electron chi connectivity index (χ2n) is 5.37. The molecule has 0 unspecified atom stereocenters. The molecule has 1 rings (SSSR count). The number of rotatable bonds is 7. The third-order valence-corrected chi connectivity index (χ3v) is 6.20. The van der Waals surface area contributed by atoms with Crippen LogP contribution < -0.4 is 11.1 Å². The quantitative estimate of drug-likeness (QED) is 0.749. The molecule has 0 spiro atoms. The molecule has 4 nitrogen and oxygen atoms in total. The van der Waals surface area contributed by atoms with E-state index in [4.69, 9.17) is 10.5 Å². The zero-order chi connectivity index (χ0) is 14.4. The highest BCUT2D eigenvalue weighted by Gasteiger charge is 2.39. The first-order valence-corrected chi connectivity index (χ1v) is 8.42. The van der Waals surface area contributed by atoms with Crippen LogP contribution in [0, 0.1) is 5.41 Å². The average molecular weight is 288 g/mol. The van der Waals surface area contributed by atoms with Gasteiger partial charge in [-0.2, -0.15) is 11.8 Å². The predicted octanol–water partition coefficient (Wildman–Crippen LogP) is 1.78. The van der Waals surface area contributed by atoms with Gasteiger partial charge < -0.3 is 15.8 Å². The maximum atomic E-state index is 12.5. The van der Waals surface area contributed by atoms with Gasteiger partial charge in [-0.15, -0.1) is 0 Å². The van der Waals surface area contributed by atoms with Gasteiger partial charge in [0, 0.05) is 31.1 Å². The van der Waals surface area contributed by atoms with Crippen molar-refractivity contribution in [1.29, 1.82) is 0 Å². The maximum Gasteiger partial charge on any atom is 0.227 e. The van der Waals surface area contributed by atoms with Crippen LogP contribution in [0.4, 0.5) is 0 Å². The Bertz CT molecular complexity index is 279. The molecule has 0 radical (unpaired) electrons. The molecular weight excluding hydrogens is 260 g/mol. The lowest BCUT2D eigenvalue weighted by molar-refractivity contribution is -0.136. The van der Waals surface area contributed by atoms with Gasteiger partial charge in [-0.3, -0.25) is 4.79 Å². The minimum atomic E-state index is -0.413. The Hall–Kier alpha value is -0.260. The molecule has 1 amide bonds. The molecule has 0 atom stereocenters. The van der Waals surface area contributed by atoms with Gasteiger partial charge >= 0.3 is 0 Å². The van der Waals surface area contributed by atoms with E-state index in [9.17, 15) is 4.79 Å². The number of carbonyl (C=O) groups excluding carboxylic acids is 1. The van der Waals surface area contributed by atoms with Gasteiger partial charge in [0.15, 0.2) is 0 Å². The summed E-state index contributed by atoms with van der Waals surface area (Å²) in [5.41, 5.74) is 5.44. The van der Waals surface area contributed by atoms with Crippen molar-refractivity contribution < 1.29 is 9.53 Å². The molecule has 0 aromatic heterocycles. The SMILES string of the molecule is CCC(CC)(CNC(=O)C1(CN)CCOCC1)SC. The minimum Gasteiger partial charge on any atom is -0.381 e. The summed E-state index contributed by atoms with van der Waals surface area (Å²) in [6.45, 7) is 6.77. The smallest absolute Gasteiger partial charge is 0.227 e. The van der Waals surface area contributed by atoms with E-state index in [1.54, 1.807) is 0 Å². The Labute approximate surface area is 121 Å². The number of ether oxygens (including phenoxy) is 1. The Kier molecular flexibility index (Phi) is 6.63. The number of carbonyl (C=O) groups is 1. The van der Waals surface area contributed by atoms with Crippen LogP contribution >= 0.6 is 11.8 Å². The lowest BCUT2D eigenvalue weighted by Crippen LogP contribution is -2.52. The van der Waals surface area contributed by atoms with Gasteiger partial charge in [0.1, 0.15) is 0 Å². The molecule has 19 heavy (non-hydrogen) atoms. The summed E-state index contributed by atoms with van der Waals surface area (Å²) in [5.74, 6) is 0.110. The van der Waals surface area contributed by atoms with E-state index in [0.717, 1.165) is 32.2 Å². The van der Waals surface area contributed by atoms with Gasteiger partial charge in [-0.1, -0.05) is 13.8 Å². The van der Waals surface area contributed by atoms with Crippen molar-refractivity contribution in [3.05, 3.63) is 0 Å². The van der Waals surface area contributed by atoms with Crippen LogP contribution in [-0.2, 0) is 9.53 Å². The van der Waals surface area contributed by atoms with E-state index in [1.807, 2.05) is 11.8 Å². The summed E-state index contributed by atoms with van der Waals surface area (Å²) >= 11 is 1.84. The largest absolute Gasteiger partial charge is 0.381 e. The fourth-order valence-corrected chi connectivity index (χ4v) is 3.37. The lowest BCUT2D eigenvalue weighted by Gasteiger charge is -2.37. The molecule has 1 heterocycles. The van der Waals surface area contributed by atoms with E-state index in [2.05, 4.69) is 25.4 Å². The summed E-state index contributed by atoms with van der Waals surface area (Å²) in [6.07, 6.45) is 5.71. The van der Waals surface area contributed by atoms with Crippen LogP contribution in [0.2, 0.25) is 0 Å². The van der Waals surface area contributed by atoms with E-state index in [1.165, 1.54) is 0 Å². The first kappa shape index (κ1) is 16.8. The van der Waals surface area contributed by atoms with Crippen LogP contribution in [0.3, 0.4) is 0 Å². The predicted molar refractivity (Wildman–Crippen MR) is 81.4 cm³/mol. The molecule has 0 bridgehead atoms. The molecule has 3 N–H and O–H groups in total. The fourth-order valence-electron chi connectivity index (χ4n) is 2.58. The molecule has 0 saturated carbocycles. The molecule has 0 aromatic carbocycles. The monoisotopic (exact) mass is 288 g/mol. The van der Waals surface area contributed by atoms with E-state index >= 15 is 0 Å². The van der Waals surface area contributed by atoms with Gasteiger partial charge in [0.2, 0.25) is 5.91 Å². The van der Waals surface area contributed by atoms with Crippen molar-refractivity contribution in [2.75, 3.05) is 32.6 Å². The molecule has 0 aromatic rings. The number of hydrogen-bond donors (Lipinski definition) is 2. The Morgan fingerprint density at radius 1 is 1.37 bits per heavy atom. The summed E-state index contributed by atoms with van der Waals surface area (Å²) < 4.78 is 5.50. The van der Waals surface area contributed by atoms with Crippen LogP contribution in [0.25, 0.3) is 0 Å². The van der Waals surface area contributed by atoms with Crippen molar-refractivity contribution >= 4 is 17.7 Å². The van der Waals surface area contributed by atoms with Crippen molar-refractivity contribution in [3.8, 4) is 0 Å². The first-order chi connectivity index (χ1) is 9.08. The van der Waals surface area contributed by atoms with Crippen LogP contribution in [0.5, 0.6) is 0 Å². The van der Waals surface area contributed by atoms with Crippen molar-refractivity contribution in [2.45, 2.75) is 44.3 Å². The van der Waals surface area contributed by atoms with Gasteiger partial charge in [-0.25, -0.2) is 0 Å². The van der Waals surface area contributed by atoms with E-state index < -0.39 is 5.41 Å². The average Bonchev–Trinajstić information content (AvgIpc) is 2.49. The Morgan fingerprint density at radius 2 is 1.95 bits per heavy atom. The lowest BCUT2D eigenvalue weighted by atomic mass is 9.79. The molecule has 112 valence electrons. The Morgan fingerprint density at radius 3 is 2.37 bits per heavy atom. The van der Waals surface area contributed by atoms with Crippen LogP contribution in [0.1, 0.15) is 39.5 Å². The summed E-state index contributed by atoms with van der Waals surface area (Å²) in [6, 6.07) is 0. The number of hydrogen-bond acceptors (Lipinski definition) is 4. The highest BCUT2D eigenvalue weighted by molar-refractivity contribution is 8.00. The second-order valence-corrected chi connectivity index (χ2v) is 6.65. The van der Waals surface area contributed by atoms with E-state index in [0.29, 0.717) is 19.8 Å². The van der Waals surface area contributed by atoms with Gasteiger partial charge in [-0.05, 0) is 31.9 Å². The van der Waals surface area contributed by atoms with Crippen molar-refractivity contribution in [2.24, 2.45) is 11.1 Å². The highest BCUT2D eigenvalue weighted by atomic mass is 32.2. The number of nitrogens with two attached hydrogens (primary N) is 1. The minimum absolute atomic E-state index is 0.110. The summed E-state index contributed by atoms with van der Waals surface area (Å²) in [7, 11) is 0. The second kappa shape index (κ2) is 7.50. The fraction of sp³-hybridized carbons (Fsp3) is 0.929. The highest BCUT2D eigenvalue weighted by Crippen LogP contribution is 2.32. The summed E-state index contributed by atoms with van der Waals surface area (Å²) in [4.78, 5) is 12.5. The van der Waals surface area contributed by atoms with Gasteiger partial charge in [0.05, 0.1) is 5.41 Å². The van der Waals surface area contributed by atoms with Crippen molar-refractivity contribution in [1.82, 2.24) is 5.32 Å². The third kappa shape index (κ3) is 3.86. The zero-order valence-corrected chi connectivity index (χ0v) is 13.3. The normalized spacial score (nSPS) is 19.2. The zero-order valence-electron chi connectivity index (χ0n) is 12.5. The Balaban J connectivity index is 2.62. The third-order valence-electron chi connectivity index (χ3n) is 4.62. The molecule has 1 fully saturated rings. The molecule has 0 aliphatic carbocycles. The number of nitrogens with one attached hydrogen (secondary N) is 1. The summed E-state index contributed by atoms with van der Waals surface area (Å²) in [5, 5.41) is 3.14. The van der Waals surface area contributed by atoms with Crippen LogP contribution in [-0.4, -0.2) is 43.2 Å². The topological polar surface area (TPSA) is 64.4 Å².